The molecular formula is C48H50N4O12. The fraction of sp³-hybridized carbons (Fsp3) is 0.375. The zero-order valence-corrected chi connectivity index (χ0v) is 37.4. The smallest absolute Gasteiger partial charge is 0.334 e. The number of methoxy groups -OCH3 is 6. The first-order valence-corrected chi connectivity index (χ1v) is 20.6. The number of H-pyrrole nitrogens is 2. The molecule has 4 unspecified atom stereocenters. The first-order valence-electron chi connectivity index (χ1n) is 20.6. The third-order valence-corrected chi connectivity index (χ3v) is 13.2. The molecule has 4 aliphatic rings. The van der Waals surface area contributed by atoms with Crippen molar-refractivity contribution in [3.05, 3.63) is 105 Å². The Hall–Kier alpha value is -7.10. The van der Waals surface area contributed by atoms with Crippen molar-refractivity contribution in [1.82, 2.24) is 19.9 Å². The number of hydrogen-bond acceptors (Lipinski definition) is 14. The Kier molecular flexibility index (Phi) is 12.1. The number of esters is 6. The average Bonchev–Trinajstić information content (AvgIpc) is 3.94. The molecule has 3 aromatic rings. The van der Waals surface area contributed by atoms with E-state index in [1.165, 1.54) is 42.7 Å². The van der Waals surface area contributed by atoms with Crippen LogP contribution in [0.2, 0.25) is 0 Å². The van der Waals surface area contributed by atoms with Crippen molar-refractivity contribution >= 4 is 69.0 Å². The molecule has 64 heavy (non-hydrogen) atoms. The topological polar surface area (TPSA) is 215 Å². The van der Waals surface area contributed by atoms with E-state index >= 15 is 0 Å². The molecule has 334 valence electrons. The number of nitrogens with one attached hydrogen (secondary N) is 2. The molecule has 16 nitrogen and oxygen atoms in total. The van der Waals surface area contributed by atoms with Gasteiger partial charge in [0.05, 0.1) is 87.4 Å². The highest BCUT2D eigenvalue weighted by atomic mass is 16.5. The SMILES string of the molecule is COC(=O)CCc1c(C)c2cc3nc(cc4[nH]c(cc5nc(cc1[nH]2)C1(C)C5=CC=C(C(=O)OC)C1C(=O)OC)c(C)c4CCC(=O)OC)C1(C)C3=CC=C(C(=O)OC)C1C(=O)OC. The number of ether oxygens (including phenoxy) is 6. The van der Waals surface area contributed by atoms with E-state index in [2.05, 4.69) is 9.97 Å². The van der Waals surface area contributed by atoms with Crippen LogP contribution in [0.4, 0.5) is 0 Å². The van der Waals surface area contributed by atoms with Crippen molar-refractivity contribution < 1.29 is 57.2 Å². The lowest BCUT2D eigenvalue weighted by Gasteiger charge is -2.36. The van der Waals surface area contributed by atoms with Crippen molar-refractivity contribution in [3.8, 4) is 0 Å². The molecule has 5 heterocycles. The molecule has 0 spiro atoms. The first-order chi connectivity index (χ1) is 30.5. The number of rotatable bonds is 10. The summed E-state index contributed by atoms with van der Waals surface area (Å²) in [5.41, 5.74) is 5.95. The lowest BCUT2D eigenvalue weighted by molar-refractivity contribution is -0.149. The zero-order valence-electron chi connectivity index (χ0n) is 37.4. The highest BCUT2D eigenvalue weighted by molar-refractivity contribution is 6.03. The molecule has 0 radical (unpaired) electrons. The largest absolute Gasteiger partial charge is 0.469 e. The molecule has 0 saturated carbocycles. The number of allylic oxidation sites excluding steroid dienone is 6. The van der Waals surface area contributed by atoms with E-state index in [4.69, 9.17) is 38.4 Å². The number of aromatic amines is 2. The maximum Gasteiger partial charge on any atom is 0.334 e. The molecule has 16 heteroatoms. The van der Waals surface area contributed by atoms with Crippen LogP contribution in [0.1, 0.15) is 71.7 Å². The number of fused-ring (bicyclic) bond motifs is 14. The van der Waals surface area contributed by atoms with Crippen LogP contribution in [-0.2, 0) is 80.9 Å². The van der Waals surface area contributed by atoms with Crippen molar-refractivity contribution in [2.24, 2.45) is 11.8 Å². The van der Waals surface area contributed by atoms with Crippen LogP contribution in [0, 0.1) is 25.7 Å². The molecule has 2 aliphatic heterocycles. The van der Waals surface area contributed by atoms with Gasteiger partial charge in [0.15, 0.2) is 0 Å². The molecule has 0 aromatic carbocycles. The Morgan fingerprint density at radius 1 is 0.531 bits per heavy atom. The molecule has 0 saturated heterocycles. The maximum atomic E-state index is 13.9. The molecule has 2 aliphatic carbocycles. The normalized spacial score (nSPS) is 20.8. The summed E-state index contributed by atoms with van der Waals surface area (Å²) in [6.07, 6.45) is 7.19. The van der Waals surface area contributed by atoms with E-state index in [0.29, 0.717) is 56.0 Å². The number of carbonyl (C=O) groups is 6. The van der Waals surface area contributed by atoms with Gasteiger partial charge < -0.3 is 38.4 Å². The third-order valence-electron chi connectivity index (χ3n) is 13.2. The minimum Gasteiger partial charge on any atom is -0.469 e. The second-order valence-corrected chi connectivity index (χ2v) is 16.3. The molecule has 7 rings (SSSR count). The minimum atomic E-state index is -1.28. The molecule has 0 amide bonds. The van der Waals surface area contributed by atoms with E-state index in [-0.39, 0.29) is 36.8 Å². The predicted octanol–water partition coefficient (Wildman–Crippen LogP) is 5.63. The van der Waals surface area contributed by atoms with Crippen LogP contribution < -0.4 is 0 Å². The molecular weight excluding hydrogens is 825 g/mol. The van der Waals surface area contributed by atoms with Crippen LogP contribution in [0.15, 0.2) is 59.7 Å². The second kappa shape index (κ2) is 17.2. The van der Waals surface area contributed by atoms with Crippen molar-refractivity contribution in [2.45, 2.75) is 64.2 Å². The van der Waals surface area contributed by atoms with Crippen molar-refractivity contribution in [1.29, 1.82) is 0 Å². The molecule has 2 N–H and O–H groups in total. The van der Waals surface area contributed by atoms with Crippen LogP contribution in [0.3, 0.4) is 0 Å². The second-order valence-electron chi connectivity index (χ2n) is 16.3. The number of aromatic nitrogens is 4. The Morgan fingerprint density at radius 3 is 1.23 bits per heavy atom. The van der Waals surface area contributed by atoms with E-state index in [9.17, 15) is 28.8 Å². The first kappa shape index (κ1) is 44.9. The van der Waals surface area contributed by atoms with Gasteiger partial charge in [0.1, 0.15) is 11.8 Å². The van der Waals surface area contributed by atoms with Gasteiger partial charge in [-0.25, -0.2) is 9.59 Å². The Balaban J connectivity index is 1.67. The summed E-state index contributed by atoms with van der Waals surface area (Å²) in [6.45, 7) is 7.45. The summed E-state index contributed by atoms with van der Waals surface area (Å²) in [5.74, 6) is -5.97. The highest BCUT2D eigenvalue weighted by Crippen LogP contribution is 2.54. The number of nitrogens with zero attached hydrogens (tertiary/aromatic N) is 2. The van der Waals surface area contributed by atoms with E-state index in [1.54, 1.807) is 24.3 Å². The Bertz CT molecular complexity index is 2650. The van der Waals surface area contributed by atoms with Gasteiger partial charge in [-0.15, -0.1) is 0 Å². The van der Waals surface area contributed by atoms with Gasteiger partial charge >= 0.3 is 35.8 Å². The van der Waals surface area contributed by atoms with Gasteiger partial charge in [-0.2, -0.15) is 0 Å². The van der Waals surface area contributed by atoms with Crippen molar-refractivity contribution in [2.75, 3.05) is 42.7 Å². The Labute approximate surface area is 368 Å². The molecule has 3 aromatic heterocycles. The van der Waals surface area contributed by atoms with Crippen molar-refractivity contribution in [3.63, 3.8) is 0 Å². The summed E-state index contributed by atoms with van der Waals surface area (Å²) in [4.78, 5) is 97.2. The van der Waals surface area contributed by atoms with Crippen LogP contribution in [0.25, 0.3) is 33.2 Å². The summed E-state index contributed by atoms with van der Waals surface area (Å²) >= 11 is 0. The maximum absolute atomic E-state index is 13.9. The van der Waals surface area contributed by atoms with Crippen LogP contribution in [-0.4, -0.2) is 98.4 Å². The van der Waals surface area contributed by atoms with Gasteiger partial charge in [-0.05, 0) is 98.2 Å². The molecule has 0 fully saturated rings. The summed E-state index contributed by atoms with van der Waals surface area (Å²) in [7, 11) is 7.63. The summed E-state index contributed by atoms with van der Waals surface area (Å²) in [6, 6.07) is 7.30. The predicted molar refractivity (Wildman–Crippen MR) is 233 cm³/mol. The van der Waals surface area contributed by atoms with Crippen LogP contribution >= 0.6 is 0 Å². The van der Waals surface area contributed by atoms with E-state index in [1.807, 2.05) is 52.0 Å². The third kappa shape index (κ3) is 7.19. The van der Waals surface area contributed by atoms with Gasteiger partial charge in [0, 0.05) is 34.9 Å². The van der Waals surface area contributed by atoms with Gasteiger partial charge in [-0.1, -0.05) is 24.3 Å². The number of hydrogen-bond donors (Lipinski definition) is 2. The molecule has 8 bridgehead atoms. The van der Waals surface area contributed by atoms with E-state index in [0.717, 1.165) is 22.3 Å². The highest BCUT2D eigenvalue weighted by Gasteiger charge is 2.55. The quantitative estimate of drug-likeness (QED) is 0.187. The monoisotopic (exact) mass is 874 g/mol. The average molecular weight is 875 g/mol. The lowest BCUT2D eigenvalue weighted by Crippen LogP contribution is -2.42. The van der Waals surface area contributed by atoms with Crippen LogP contribution in [0.5, 0.6) is 0 Å². The summed E-state index contributed by atoms with van der Waals surface area (Å²) in [5, 5.41) is 0. The summed E-state index contributed by atoms with van der Waals surface area (Å²) < 4.78 is 31.1. The number of carbonyl (C=O) groups excluding carboxylic acids is 6. The number of aryl methyl sites for hydroxylation is 4. The standard InChI is InChI=1S/C48H50N4O12/c1-23-25(13-17-39(53)59-5)33-21-37-48(4)30(16-12-28(44(56)62-8)42(48)46(58)64-10)36(52-37)20-32-24(2)26(14-18-40(54)60-6)34(50-32)22-38-47(3)29(35(51-38)19-31(23)49-33)15-11-27(43(55)61-7)41(47)45(57)63-9/h11-12,15-16,19-22,41-42,49-50H,13-14,17-18H2,1-10H3. The van der Waals surface area contributed by atoms with Gasteiger partial charge in [0.2, 0.25) is 0 Å². The van der Waals surface area contributed by atoms with Gasteiger partial charge in [0.25, 0.3) is 0 Å². The lowest BCUT2D eigenvalue weighted by atomic mass is 9.64. The Morgan fingerprint density at radius 2 is 0.906 bits per heavy atom. The zero-order chi connectivity index (χ0) is 46.4. The minimum absolute atomic E-state index is 0.0427. The fourth-order valence-electron chi connectivity index (χ4n) is 9.60. The fourth-order valence-corrected chi connectivity index (χ4v) is 9.60. The molecule has 4 atom stereocenters. The van der Waals surface area contributed by atoms with E-state index < -0.39 is 58.5 Å². The van der Waals surface area contributed by atoms with Gasteiger partial charge in [-0.3, -0.25) is 29.1 Å².